The van der Waals surface area contributed by atoms with Gasteiger partial charge in [-0.25, -0.2) is 0 Å². The number of esters is 2. The first-order valence-corrected chi connectivity index (χ1v) is 32.4. The van der Waals surface area contributed by atoms with E-state index in [1.54, 1.807) is 0 Å². The van der Waals surface area contributed by atoms with E-state index in [-0.39, 0.29) is 26.1 Å². The fourth-order valence-corrected chi connectivity index (χ4v) is 8.71. The summed E-state index contributed by atoms with van der Waals surface area (Å²) in [6, 6.07) is 0. The van der Waals surface area contributed by atoms with Crippen LogP contribution in [-0.4, -0.2) is 70.0 Å². The van der Waals surface area contributed by atoms with Gasteiger partial charge in [0.05, 0.1) is 27.7 Å². The average Bonchev–Trinajstić information content (AvgIpc) is 3.40. The molecule has 10 heteroatoms. The number of ether oxygens (including phenoxy) is 2. The smallest absolute Gasteiger partial charge is 0.306 e. The van der Waals surface area contributed by atoms with Crippen LogP contribution in [0.3, 0.4) is 0 Å². The van der Waals surface area contributed by atoms with E-state index in [2.05, 4.69) is 148 Å². The van der Waals surface area contributed by atoms with Crippen molar-refractivity contribution < 1.29 is 42.1 Å². The molecule has 0 aliphatic rings. The number of quaternary nitrogens is 1. The van der Waals surface area contributed by atoms with Gasteiger partial charge < -0.3 is 27.9 Å². The van der Waals surface area contributed by atoms with Crippen LogP contribution in [0.2, 0.25) is 0 Å². The summed E-state index contributed by atoms with van der Waals surface area (Å²) >= 11 is 0. The summed E-state index contributed by atoms with van der Waals surface area (Å²) in [7, 11) is 1.14. The molecule has 0 fully saturated rings. The molecule has 0 bridgehead atoms. The molecular formula is C68H114NO8P. The molecule has 2 atom stereocenters. The van der Waals surface area contributed by atoms with Crippen molar-refractivity contribution in [3.05, 3.63) is 134 Å². The summed E-state index contributed by atoms with van der Waals surface area (Å²) in [5, 5.41) is 0. The predicted molar refractivity (Wildman–Crippen MR) is 332 cm³/mol. The second-order valence-electron chi connectivity index (χ2n) is 21.3. The van der Waals surface area contributed by atoms with Gasteiger partial charge in [-0.15, -0.1) is 0 Å². The number of allylic oxidation sites excluding steroid dienone is 22. The molecule has 0 rings (SSSR count). The zero-order chi connectivity index (χ0) is 57.0. The van der Waals surface area contributed by atoms with Crippen molar-refractivity contribution >= 4 is 19.8 Å². The van der Waals surface area contributed by atoms with Crippen LogP contribution in [0.4, 0.5) is 0 Å². The highest BCUT2D eigenvalue weighted by Gasteiger charge is 2.22. The van der Waals surface area contributed by atoms with Crippen molar-refractivity contribution in [2.45, 2.75) is 238 Å². The summed E-state index contributed by atoms with van der Waals surface area (Å²) in [5.74, 6) is -0.855. The number of rotatable bonds is 55. The average molecular weight is 1100 g/mol. The third kappa shape index (κ3) is 61.4. The van der Waals surface area contributed by atoms with Gasteiger partial charge in [-0.3, -0.25) is 14.2 Å². The van der Waals surface area contributed by atoms with Crippen LogP contribution in [0, 0.1) is 0 Å². The monoisotopic (exact) mass is 1100 g/mol. The lowest BCUT2D eigenvalue weighted by Crippen LogP contribution is -2.37. The van der Waals surface area contributed by atoms with Crippen LogP contribution >= 0.6 is 7.82 Å². The fourth-order valence-electron chi connectivity index (χ4n) is 7.98. The summed E-state index contributed by atoms with van der Waals surface area (Å²) in [6.45, 7) is 3.99. The molecule has 0 saturated carbocycles. The Hall–Kier alpha value is -3.85. The quantitative estimate of drug-likeness (QED) is 0.0195. The van der Waals surface area contributed by atoms with Crippen LogP contribution < -0.4 is 4.89 Å². The topological polar surface area (TPSA) is 111 Å². The van der Waals surface area contributed by atoms with Crippen molar-refractivity contribution in [2.75, 3.05) is 47.5 Å². The maximum absolute atomic E-state index is 12.8. The number of carbonyl (C=O) groups is 2. The minimum atomic E-state index is -4.65. The first-order valence-electron chi connectivity index (χ1n) is 30.9. The number of unbranched alkanes of at least 4 members (excludes halogenated alkanes) is 19. The molecule has 9 nitrogen and oxygen atoms in total. The van der Waals surface area contributed by atoms with Gasteiger partial charge in [0, 0.05) is 12.8 Å². The molecule has 0 heterocycles. The third-order valence-electron chi connectivity index (χ3n) is 12.7. The third-order valence-corrected chi connectivity index (χ3v) is 13.6. The first kappa shape index (κ1) is 74.2. The molecule has 0 aromatic rings. The molecule has 0 amide bonds. The number of hydrogen-bond acceptors (Lipinski definition) is 8. The van der Waals surface area contributed by atoms with E-state index >= 15 is 0 Å². The Balaban J connectivity index is 4.18. The zero-order valence-corrected chi connectivity index (χ0v) is 51.2. The van der Waals surface area contributed by atoms with Crippen molar-refractivity contribution in [3.8, 4) is 0 Å². The number of hydrogen-bond donors (Lipinski definition) is 0. The number of likely N-dealkylation sites (N-methyl/N-ethyl adjacent to an activating group) is 1. The Labute approximate surface area is 479 Å². The second-order valence-corrected chi connectivity index (χ2v) is 22.7. The summed E-state index contributed by atoms with van der Waals surface area (Å²) < 4.78 is 34.2. The van der Waals surface area contributed by atoms with Gasteiger partial charge in [-0.05, 0) is 109 Å². The Morgan fingerprint density at radius 1 is 0.397 bits per heavy atom. The van der Waals surface area contributed by atoms with E-state index in [0.29, 0.717) is 23.9 Å². The number of phosphoric ester groups is 1. The highest BCUT2D eigenvalue weighted by atomic mass is 31.2. The molecule has 0 aliphatic heterocycles. The van der Waals surface area contributed by atoms with E-state index in [1.165, 1.54) is 77.0 Å². The second kappa shape index (κ2) is 57.8. The van der Waals surface area contributed by atoms with Gasteiger partial charge in [0.25, 0.3) is 7.82 Å². The van der Waals surface area contributed by atoms with Gasteiger partial charge in [0.2, 0.25) is 0 Å². The molecule has 2 unspecified atom stereocenters. The van der Waals surface area contributed by atoms with E-state index in [1.807, 2.05) is 21.1 Å². The molecule has 0 saturated heterocycles. The van der Waals surface area contributed by atoms with Crippen LogP contribution in [0.5, 0.6) is 0 Å². The van der Waals surface area contributed by atoms with Crippen LogP contribution in [0.15, 0.2) is 134 Å². The number of phosphoric acid groups is 1. The maximum Gasteiger partial charge on any atom is 0.306 e. The molecule has 0 aliphatic carbocycles. The lowest BCUT2D eigenvalue weighted by molar-refractivity contribution is -0.870. The lowest BCUT2D eigenvalue weighted by atomic mass is 10.0. The van der Waals surface area contributed by atoms with E-state index in [9.17, 15) is 19.0 Å². The molecule has 0 spiro atoms. The molecule has 0 radical (unpaired) electrons. The molecule has 444 valence electrons. The highest BCUT2D eigenvalue weighted by Crippen LogP contribution is 2.38. The maximum atomic E-state index is 12.8. The first-order chi connectivity index (χ1) is 38.0. The summed E-state index contributed by atoms with van der Waals surface area (Å²) in [5.41, 5.74) is 0. The molecular weight excluding hydrogens is 990 g/mol. The summed E-state index contributed by atoms with van der Waals surface area (Å²) in [6.07, 6.45) is 83.5. The van der Waals surface area contributed by atoms with Gasteiger partial charge >= 0.3 is 11.9 Å². The largest absolute Gasteiger partial charge is 0.756 e. The van der Waals surface area contributed by atoms with Crippen molar-refractivity contribution in [1.82, 2.24) is 0 Å². The molecule has 78 heavy (non-hydrogen) atoms. The minimum absolute atomic E-state index is 0.0400. The number of carbonyl (C=O) groups excluding carboxylic acids is 2. The molecule has 0 N–H and O–H groups in total. The zero-order valence-electron chi connectivity index (χ0n) is 50.3. The van der Waals surface area contributed by atoms with Gasteiger partial charge in [-0.2, -0.15) is 0 Å². The Bertz CT molecular complexity index is 1780. The minimum Gasteiger partial charge on any atom is -0.756 e. The van der Waals surface area contributed by atoms with Crippen molar-refractivity contribution in [3.63, 3.8) is 0 Å². The van der Waals surface area contributed by atoms with Crippen molar-refractivity contribution in [1.29, 1.82) is 0 Å². The Morgan fingerprint density at radius 2 is 0.692 bits per heavy atom. The lowest BCUT2D eigenvalue weighted by Gasteiger charge is -2.28. The van der Waals surface area contributed by atoms with Crippen LogP contribution in [0.1, 0.15) is 232 Å². The van der Waals surface area contributed by atoms with Gasteiger partial charge in [0.1, 0.15) is 19.8 Å². The Kier molecular flexibility index (Phi) is 55.0. The van der Waals surface area contributed by atoms with Gasteiger partial charge in [0.15, 0.2) is 6.10 Å². The fraction of sp³-hybridized carbons (Fsp3) is 0.647. The Morgan fingerprint density at radius 3 is 1.03 bits per heavy atom. The summed E-state index contributed by atoms with van der Waals surface area (Å²) in [4.78, 5) is 38.0. The molecule has 0 aromatic carbocycles. The SMILES string of the molecule is CC/C=C\C/C=C\C/C=C\C/C=C\C/C=C\C/C=C\CCCCCCCCCCCCCCC(=O)OC(COC(=O)CCCCCCCCC/C=C\C/C=C\C/C=C\C/C=C\C/C=C\CC)COP(=O)([O-])OCC[N+](C)(C)C. The molecule has 0 aromatic heterocycles. The highest BCUT2D eigenvalue weighted by molar-refractivity contribution is 7.45. The van der Waals surface area contributed by atoms with E-state index in [4.69, 9.17) is 18.5 Å². The van der Waals surface area contributed by atoms with Crippen LogP contribution in [-0.2, 0) is 32.7 Å². The van der Waals surface area contributed by atoms with Crippen molar-refractivity contribution in [2.24, 2.45) is 0 Å². The standard InChI is InChI=1S/C68H114NO8P/c1-6-8-10-12-14-16-18-20-22-24-26-28-30-31-32-33-34-35-36-37-39-41-43-45-47-49-51-53-55-57-59-61-68(71)77-66(65-76-78(72,73)75-63-62-69(3,4)5)64-74-67(70)60-58-56-54-52-50-48-46-44-42-40-38-29-27-25-23-21-19-17-15-13-11-9-7-2/h8-11,14-17,20-23,26-29,31-32,34-35,40,42,66H,6-7,12-13,18-19,24-25,30,33,36-39,41,43-65H2,1-5H3/b10-8-,11-9-,16-14-,17-15-,22-20-,23-21-,28-26-,29-27-,32-31-,35-34-,42-40-. The van der Waals surface area contributed by atoms with E-state index < -0.39 is 32.5 Å². The number of nitrogens with zero attached hydrogens (tertiary/aromatic N) is 1. The van der Waals surface area contributed by atoms with Crippen LogP contribution in [0.25, 0.3) is 0 Å². The predicted octanol–water partition coefficient (Wildman–Crippen LogP) is 19.1. The normalized spacial score (nSPS) is 14.2. The van der Waals surface area contributed by atoms with E-state index in [0.717, 1.165) is 116 Å². The van der Waals surface area contributed by atoms with Gasteiger partial charge in [-0.1, -0.05) is 244 Å².